The van der Waals surface area contributed by atoms with Crippen LogP contribution < -0.4 is 10.0 Å². The number of anilines is 2. The topological polar surface area (TPSA) is 63.4 Å². The van der Waals surface area contributed by atoms with Crippen LogP contribution in [0.3, 0.4) is 0 Å². The van der Waals surface area contributed by atoms with E-state index in [0.717, 1.165) is 11.8 Å². The van der Waals surface area contributed by atoms with Gasteiger partial charge in [0, 0.05) is 12.6 Å². The first kappa shape index (κ1) is 15.6. The summed E-state index contributed by atoms with van der Waals surface area (Å²) in [5, 5.41) is 0. The molecule has 2 N–H and O–H groups in total. The number of sulfonamides is 1. The SMILES string of the molecule is CN(c1cc(C#C[Si](C)(C)C)ccc1N)S(C)(=O)=O. The number of hydrogen-bond acceptors (Lipinski definition) is 3. The largest absolute Gasteiger partial charge is 0.397 e. The molecule has 0 aliphatic rings. The van der Waals surface area contributed by atoms with Crippen LogP contribution >= 0.6 is 0 Å². The molecule has 1 aromatic carbocycles. The molecule has 0 amide bonds. The molecule has 0 unspecified atom stereocenters. The highest BCUT2D eigenvalue weighted by Crippen LogP contribution is 2.25. The van der Waals surface area contributed by atoms with Gasteiger partial charge in [0.25, 0.3) is 0 Å². The summed E-state index contributed by atoms with van der Waals surface area (Å²) in [5.41, 5.74) is 10.7. The lowest BCUT2D eigenvalue weighted by Crippen LogP contribution is -2.25. The van der Waals surface area contributed by atoms with Gasteiger partial charge in [-0.1, -0.05) is 25.6 Å². The van der Waals surface area contributed by atoms with Gasteiger partial charge < -0.3 is 5.73 Å². The minimum absolute atomic E-state index is 0.423. The molecular formula is C13H20N2O2SSi. The molecular weight excluding hydrogens is 276 g/mol. The van der Waals surface area contributed by atoms with E-state index in [1.807, 2.05) is 6.07 Å². The zero-order chi connectivity index (χ0) is 14.8. The van der Waals surface area contributed by atoms with Crippen molar-refractivity contribution in [2.75, 3.05) is 23.3 Å². The lowest BCUT2D eigenvalue weighted by atomic mass is 10.2. The first-order valence-corrected chi connectivity index (χ1v) is 11.2. The minimum Gasteiger partial charge on any atom is -0.397 e. The van der Waals surface area contributed by atoms with Gasteiger partial charge >= 0.3 is 0 Å². The Hall–Kier alpha value is -1.45. The molecule has 0 bridgehead atoms. The minimum atomic E-state index is -3.32. The summed E-state index contributed by atoms with van der Waals surface area (Å²) < 4.78 is 24.3. The summed E-state index contributed by atoms with van der Waals surface area (Å²) in [6.07, 6.45) is 1.15. The quantitative estimate of drug-likeness (QED) is 0.515. The summed E-state index contributed by atoms with van der Waals surface area (Å²) in [4.78, 5) is 0. The molecule has 4 nitrogen and oxygen atoms in total. The molecule has 0 aliphatic carbocycles. The molecule has 0 aromatic heterocycles. The Morgan fingerprint density at radius 2 is 1.84 bits per heavy atom. The molecule has 0 saturated heterocycles. The average Bonchev–Trinajstić information content (AvgIpc) is 2.24. The Morgan fingerprint density at radius 3 is 2.32 bits per heavy atom. The van der Waals surface area contributed by atoms with Crippen molar-refractivity contribution in [1.29, 1.82) is 0 Å². The standard InChI is InChI=1S/C13H20N2O2SSi/c1-15(18(2,16)17)13-10-11(6-7-12(13)14)8-9-19(3,4)5/h6-7,10H,14H2,1-5H3. The maximum absolute atomic E-state index is 11.6. The Morgan fingerprint density at radius 1 is 1.26 bits per heavy atom. The van der Waals surface area contributed by atoms with Crippen molar-refractivity contribution in [2.24, 2.45) is 0 Å². The van der Waals surface area contributed by atoms with Gasteiger partial charge in [-0.3, -0.25) is 4.31 Å². The van der Waals surface area contributed by atoms with Crippen LogP contribution in [0.25, 0.3) is 0 Å². The van der Waals surface area contributed by atoms with Gasteiger partial charge in [-0.05, 0) is 18.2 Å². The molecule has 0 fully saturated rings. The number of rotatable bonds is 2. The Bertz CT molecular complexity index is 637. The van der Waals surface area contributed by atoms with E-state index in [4.69, 9.17) is 5.73 Å². The number of hydrogen-bond donors (Lipinski definition) is 1. The second-order valence-corrected chi connectivity index (χ2v) is 12.3. The monoisotopic (exact) mass is 296 g/mol. The predicted octanol–water partition coefficient (Wildman–Crippen LogP) is 1.89. The molecule has 0 aliphatic heterocycles. The van der Waals surface area contributed by atoms with Crippen LogP contribution in [-0.4, -0.2) is 29.8 Å². The normalized spacial score (nSPS) is 11.6. The number of nitrogens with zero attached hydrogens (tertiary/aromatic N) is 1. The maximum Gasteiger partial charge on any atom is 0.232 e. The molecule has 0 saturated carbocycles. The van der Waals surface area contributed by atoms with Crippen LogP contribution in [0.5, 0.6) is 0 Å². The summed E-state index contributed by atoms with van der Waals surface area (Å²) in [6.45, 7) is 6.46. The number of nitrogens with two attached hydrogens (primary N) is 1. The zero-order valence-electron chi connectivity index (χ0n) is 12.0. The van der Waals surface area contributed by atoms with Crippen LogP contribution in [0.4, 0.5) is 11.4 Å². The van der Waals surface area contributed by atoms with Crippen LogP contribution in [-0.2, 0) is 10.0 Å². The number of benzene rings is 1. The van der Waals surface area contributed by atoms with Crippen LogP contribution in [0.1, 0.15) is 5.56 Å². The second-order valence-electron chi connectivity index (χ2n) is 5.50. The molecule has 0 radical (unpaired) electrons. The highest BCUT2D eigenvalue weighted by atomic mass is 32.2. The van der Waals surface area contributed by atoms with Gasteiger partial charge in [0.05, 0.1) is 17.6 Å². The van der Waals surface area contributed by atoms with E-state index < -0.39 is 18.1 Å². The van der Waals surface area contributed by atoms with Gasteiger partial charge in [0.2, 0.25) is 10.0 Å². The van der Waals surface area contributed by atoms with Gasteiger partial charge in [0.1, 0.15) is 8.07 Å². The average molecular weight is 296 g/mol. The van der Waals surface area contributed by atoms with Crippen molar-refractivity contribution >= 4 is 29.5 Å². The Kier molecular flexibility index (Phi) is 4.33. The van der Waals surface area contributed by atoms with Crippen LogP contribution in [0.2, 0.25) is 19.6 Å². The first-order valence-electron chi connectivity index (χ1n) is 5.87. The summed E-state index contributed by atoms with van der Waals surface area (Å²) in [5.74, 6) is 3.09. The van der Waals surface area contributed by atoms with E-state index in [1.54, 1.807) is 12.1 Å². The van der Waals surface area contributed by atoms with E-state index in [9.17, 15) is 8.42 Å². The Labute approximate surface area is 116 Å². The molecule has 1 aromatic rings. The maximum atomic E-state index is 11.6. The summed E-state index contributed by atoms with van der Waals surface area (Å²) >= 11 is 0. The highest BCUT2D eigenvalue weighted by Gasteiger charge is 2.15. The fraction of sp³-hybridized carbons (Fsp3) is 0.385. The zero-order valence-corrected chi connectivity index (χ0v) is 13.8. The smallest absolute Gasteiger partial charge is 0.232 e. The third-order valence-corrected chi connectivity index (χ3v) is 4.52. The van der Waals surface area contributed by atoms with Crippen molar-refractivity contribution in [1.82, 2.24) is 0 Å². The van der Waals surface area contributed by atoms with Gasteiger partial charge in [0.15, 0.2) is 0 Å². The molecule has 1 rings (SSSR count). The third-order valence-electron chi connectivity index (χ3n) is 2.45. The molecule has 19 heavy (non-hydrogen) atoms. The fourth-order valence-electron chi connectivity index (χ4n) is 1.33. The van der Waals surface area contributed by atoms with Gasteiger partial charge in [-0.2, -0.15) is 0 Å². The van der Waals surface area contributed by atoms with Gasteiger partial charge in [-0.25, -0.2) is 8.42 Å². The lowest BCUT2D eigenvalue weighted by Gasteiger charge is -2.18. The van der Waals surface area contributed by atoms with Crippen molar-refractivity contribution in [2.45, 2.75) is 19.6 Å². The van der Waals surface area contributed by atoms with Crippen molar-refractivity contribution in [3.63, 3.8) is 0 Å². The third kappa shape index (κ3) is 4.61. The molecule has 0 atom stereocenters. The van der Waals surface area contributed by atoms with Crippen molar-refractivity contribution in [3.05, 3.63) is 23.8 Å². The molecule has 6 heteroatoms. The highest BCUT2D eigenvalue weighted by molar-refractivity contribution is 7.92. The van der Waals surface area contributed by atoms with Crippen molar-refractivity contribution < 1.29 is 8.42 Å². The summed E-state index contributed by atoms with van der Waals surface area (Å²) in [7, 11) is -3.30. The predicted molar refractivity (Wildman–Crippen MR) is 84.3 cm³/mol. The van der Waals surface area contributed by atoms with E-state index in [0.29, 0.717) is 11.4 Å². The molecule has 0 heterocycles. The van der Waals surface area contributed by atoms with Crippen LogP contribution in [0.15, 0.2) is 18.2 Å². The van der Waals surface area contributed by atoms with Crippen LogP contribution in [0, 0.1) is 11.5 Å². The van der Waals surface area contributed by atoms with Crippen molar-refractivity contribution in [3.8, 4) is 11.5 Å². The summed E-state index contributed by atoms with van der Waals surface area (Å²) in [6, 6.07) is 5.21. The Balaban J connectivity index is 3.25. The van der Waals surface area contributed by atoms with Gasteiger partial charge in [-0.15, -0.1) is 5.54 Å². The van der Waals surface area contributed by atoms with E-state index >= 15 is 0 Å². The van der Waals surface area contributed by atoms with E-state index in [-0.39, 0.29) is 0 Å². The first-order chi connectivity index (χ1) is 8.50. The van der Waals surface area contributed by atoms with E-state index in [1.165, 1.54) is 11.4 Å². The fourth-order valence-corrected chi connectivity index (χ4v) is 2.37. The number of nitrogen functional groups attached to an aromatic ring is 1. The lowest BCUT2D eigenvalue weighted by molar-refractivity contribution is 0.600. The second kappa shape index (κ2) is 5.27. The molecule has 104 valence electrons. The molecule has 0 spiro atoms. The van der Waals surface area contributed by atoms with E-state index in [2.05, 4.69) is 31.1 Å².